The number of hydrogen-bond acceptors (Lipinski definition) is 4. The Hall–Kier alpha value is -1.27. The molecule has 0 aromatic heterocycles. The van der Waals surface area contributed by atoms with E-state index in [2.05, 4.69) is 32.2 Å². The number of ether oxygens (including phenoxy) is 1. The van der Waals surface area contributed by atoms with E-state index in [4.69, 9.17) is 0 Å². The lowest BCUT2D eigenvalue weighted by Gasteiger charge is -2.24. The first-order valence-corrected chi connectivity index (χ1v) is 9.62. The Morgan fingerprint density at radius 1 is 1.28 bits per heavy atom. The number of halogens is 4. The number of aliphatic imine (C=N–C) groups is 1. The van der Waals surface area contributed by atoms with Crippen LogP contribution < -0.4 is 15.4 Å². The molecule has 1 fully saturated rings. The predicted molar refractivity (Wildman–Crippen MR) is 118 cm³/mol. The number of nitrogens with zero attached hydrogens (tertiary/aromatic N) is 2. The van der Waals surface area contributed by atoms with Gasteiger partial charge in [0.25, 0.3) is 0 Å². The summed E-state index contributed by atoms with van der Waals surface area (Å²) in [5, 5.41) is 16.7. The Morgan fingerprint density at radius 3 is 2.55 bits per heavy atom. The van der Waals surface area contributed by atoms with Gasteiger partial charge in [-0.2, -0.15) is 0 Å². The molecule has 1 aromatic carbocycles. The van der Waals surface area contributed by atoms with Crippen LogP contribution in [0.4, 0.5) is 13.2 Å². The number of aliphatic hydroxyl groups excluding tert-OH is 1. The molecule has 0 saturated carbocycles. The molecule has 1 aliphatic rings. The second kappa shape index (κ2) is 12.4. The SMILES string of the molecule is CCNC(=NCC(O)c1ccc(OC(F)(F)F)cc1)NCC1CCCN1CC.I. The molecule has 166 valence electrons. The second-order valence-corrected chi connectivity index (χ2v) is 6.66. The van der Waals surface area contributed by atoms with Crippen LogP contribution in [0, 0.1) is 0 Å². The minimum Gasteiger partial charge on any atom is -0.406 e. The Kier molecular flexibility index (Phi) is 11.0. The van der Waals surface area contributed by atoms with E-state index >= 15 is 0 Å². The number of alkyl halides is 3. The minimum atomic E-state index is -4.73. The number of rotatable bonds is 8. The van der Waals surface area contributed by atoms with E-state index in [1.54, 1.807) is 0 Å². The second-order valence-electron chi connectivity index (χ2n) is 6.66. The third-order valence-corrected chi connectivity index (χ3v) is 4.68. The number of guanidine groups is 1. The van der Waals surface area contributed by atoms with Crippen molar-refractivity contribution in [2.45, 2.75) is 45.2 Å². The molecule has 0 amide bonds. The fourth-order valence-electron chi connectivity index (χ4n) is 3.27. The molecular weight excluding hydrogens is 500 g/mol. The Balaban J connectivity index is 0.00000420. The zero-order valence-corrected chi connectivity index (χ0v) is 19.0. The van der Waals surface area contributed by atoms with Gasteiger partial charge in [0.15, 0.2) is 5.96 Å². The van der Waals surface area contributed by atoms with Crippen molar-refractivity contribution in [3.63, 3.8) is 0 Å². The number of likely N-dealkylation sites (tertiary alicyclic amines) is 1. The normalized spacial score (nSPS) is 18.8. The van der Waals surface area contributed by atoms with E-state index in [0.29, 0.717) is 24.1 Å². The third-order valence-electron chi connectivity index (χ3n) is 4.68. The maximum absolute atomic E-state index is 12.2. The highest BCUT2D eigenvalue weighted by Gasteiger charge is 2.31. The Labute approximate surface area is 186 Å². The topological polar surface area (TPSA) is 69.1 Å². The number of aliphatic hydroxyl groups is 1. The molecule has 0 spiro atoms. The average Bonchev–Trinajstić information content (AvgIpc) is 3.10. The van der Waals surface area contributed by atoms with Crippen molar-refractivity contribution >= 4 is 29.9 Å². The molecule has 2 unspecified atom stereocenters. The fourth-order valence-corrected chi connectivity index (χ4v) is 3.27. The van der Waals surface area contributed by atoms with Crippen molar-refractivity contribution in [1.82, 2.24) is 15.5 Å². The summed E-state index contributed by atoms with van der Waals surface area (Å²) >= 11 is 0. The highest BCUT2D eigenvalue weighted by atomic mass is 127. The zero-order chi connectivity index (χ0) is 20.6. The largest absolute Gasteiger partial charge is 0.573 e. The molecule has 1 aromatic rings. The van der Waals surface area contributed by atoms with Crippen LogP contribution in [0.1, 0.15) is 38.4 Å². The molecule has 2 atom stereocenters. The first kappa shape index (κ1) is 25.8. The van der Waals surface area contributed by atoms with Crippen LogP contribution in [0.25, 0.3) is 0 Å². The molecule has 1 aliphatic heterocycles. The Morgan fingerprint density at radius 2 is 1.97 bits per heavy atom. The van der Waals surface area contributed by atoms with Crippen LogP contribution >= 0.6 is 24.0 Å². The van der Waals surface area contributed by atoms with Gasteiger partial charge in [-0.25, -0.2) is 0 Å². The average molecular weight is 530 g/mol. The number of hydrogen-bond donors (Lipinski definition) is 3. The summed E-state index contributed by atoms with van der Waals surface area (Å²) in [6.07, 6.45) is -3.31. The lowest BCUT2D eigenvalue weighted by Crippen LogP contribution is -2.45. The number of nitrogens with one attached hydrogen (secondary N) is 2. The summed E-state index contributed by atoms with van der Waals surface area (Å²) in [7, 11) is 0. The number of likely N-dealkylation sites (N-methyl/N-ethyl adjacent to an activating group) is 1. The molecule has 0 bridgehead atoms. The highest BCUT2D eigenvalue weighted by Crippen LogP contribution is 2.24. The van der Waals surface area contributed by atoms with Crippen LogP contribution in [0.3, 0.4) is 0 Å². The molecule has 1 heterocycles. The van der Waals surface area contributed by atoms with Gasteiger partial charge in [-0.15, -0.1) is 37.1 Å². The summed E-state index contributed by atoms with van der Waals surface area (Å²) in [6.45, 7) is 7.81. The fraction of sp³-hybridized carbons (Fsp3) is 0.632. The Bertz CT molecular complexity index is 629. The first-order valence-electron chi connectivity index (χ1n) is 9.62. The summed E-state index contributed by atoms with van der Waals surface area (Å²) in [6, 6.07) is 5.63. The van der Waals surface area contributed by atoms with Crippen LogP contribution in [0.5, 0.6) is 5.75 Å². The van der Waals surface area contributed by atoms with Gasteiger partial charge < -0.3 is 20.5 Å². The highest BCUT2D eigenvalue weighted by molar-refractivity contribution is 14.0. The van der Waals surface area contributed by atoms with Crippen molar-refractivity contribution in [2.75, 3.05) is 32.7 Å². The van der Waals surface area contributed by atoms with Crippen molar-refractivity contribution in [1.29, 1.82) is 0 Å². The molecule has 1 saturated heterocycles. The molecule has 29 heavy (non-hydrogen) atoms. The van der Waals surface area contributed by atoms with Crippen LogP contribution in [-0.2, 0) is 0 Å². The molecule has 0 aliphatic carbocycles. The maximum Gasteiger partial charge on any atom is 0.573 e. The standard InChI is InChI=1S/C19H29F3N4O2.HI/c1-3-23-18(24-12-15-6-5-11-26(15)4-2)25-13-17(27)14-7-9-16(10-8-14)28-19(20,21)22;/h7-10,15,17,27H,3-6,11-13H2,1-2H3,(H2,23,24,25);1H. The van der Waals surface area contributed by atoms with Crippen LogP contribution in [-0.4, -0.2) is 61.1 Å². The molecule has 10 heteroatoms. The van der Waals surface area contributed by atoms with Crippen molar-refractivity contribution in [3.8, 4) is 5.75 Å². The minimum absolute atomic E-state index is 0. The molecule has 3 N–H and O–H groups in total. The predicted octanol–water partition coefficient (Wildman–Crippen LogP) is 3.28. The van der Waals surface area contributed by atoms with Gasteiger partial charge in [0.2, 0.25) is 0 Å². The smallest absolute Gasteiger partial charge is 0.406 e. The van der Waals surface area contributed by atoms with Crippen LogP contribution in [0.2, 0.25) is 0 Å². The van der Waals surface area contributed by atoms with Gasteiger partial charge in [-0.3, -0.25) is 9.89 Å². The molecule has 6 nitrogen and oxygen atoms in total. The summed E-state index contributed by atoms with van der Waals surface area (Å²) in [5.74, 6) is 0.292. The summed E-state index contributed by atoms with van der Waals surface area (Å²) in [4.78, 5) is 6.82. The van der Waals surface area contributed by atoms with Crippen molar-refractivity contribution < 1.29 is 23.0 Å². The van der Waals surface area contributed by atoms with Crippen molar-refractivity contribution in [2.24, 2.45) is 4.99 Å². The lowest BCUT2D eigenvalue weighted by molar-refractivity contribution is -0.274. The van der Waals surface area contributed by atoms with Crippen LogP contribution in [0.15, 0.2) is 29.3 Å². The zero-order valence-electron chi connectivity index (χ0n) is 16.7. The molecule has 0 radical (unpaired) electrons. The van der Waals surface area contributed by atoms with E-state index in [-0.39, 0.29) is 36.3 Å². The van der Waals surface area contributed by atoms with E-state index in [1.165, 1.54) is 30.7 Å². The lowest BCUT2D eigenvalue weighted by atomic mass is 10.1. The van der Waals surface area contributed by atoms with E-state index in [0.717, 1.165) is 26.1 Å². The van der Waals surface area contributed by atoms with Gasteiger partial charge in [-0.1, -0.05) is 19.1 Å². The first-order chi connectivity index (χ1) is 13.3. The van der Waals surface area contributed by atoms with Gasteiger partial charge in [0.05, 0.1) is 12.6 Å². The maximum atomic E-state index is 12.2. The van der Waals surface area contributed by atoms with E-state index in [1.807, 2.05) is 6.92 Å². The van der Waals surface area contributed by atoms with E-state index < -0.39 is 12.5 Å². The summed E-state index contributed by atoms with van der Waals surface area (Å²) < 4.78 is 40.5. The van der Waals surface area contributed by atoms with Gasteiger partial charge in [-0.05, 0) is 50.6 Å². The molecular formula is C19H30F3IN4O2. The van der Waals surface area contributed by atoms with E-state index in [9.17, 15) is 18.3 Å². The third kappa shape index (κ3) is 8.95. The van der Waals surface area contributed by atoms with Crippen molar-refractivity contribution in [3.05, 3.63) is 29.8 Å². The van der Waals surface area contributed by atoms with Gasteiger partial charge in [0, 0.05) is 19.1 Å². The monoisotopic (exact) mass is 530 g/mol. The quantitative estimate of drug-likeness (QED) is 0.274. The van der Waals surface area contributed by atoms with Gasteiger partial charge in [0.1, 0.15) is 5.75 Å². The summed E-state index contributed by atoms with van der Waals surface area (Å²) in [5.41, 5.74) is 0.474. The van der Waals surface area contributed by atoms with Gasteiger partial charge >= 0.3 is 6.36 Å². The number of benzene rings is 1. The molecule has 2 rings (SSSR count).